The highest BCUT2D eigenvalue weighted by Crippen LogP contribution is 2.37. The average Bonchev–Trinajstić information content (AvgIpc) is 2.99. The number of hydrogen-bond donors (Lipinski definition) is 1. The number of hydrogen-bond acceptors (Lipinski definition) is 2. The quantitative estimate of drug-likeness (QED) is 0.754. The van der Waals surface area contributed by atoms with Gasteiger partial charge in [-0.15, -0.1) is 0 Å². The summed E-state index contributed by atoms with van der Waals surface area (Å²) in [7, 11) is 2.04. The monoisotopic (exact) mass is 211 g/mol. The standard InChI is InChI=1S/C13H25NO/c1-11-4-3-7-13(8-11,10-14-2)15-9-12-5-6-12/h11-12,14H,3-10H2,1-2H3. The summed E-state index contributed by atoms with van der Waals surface area (Å²) in [5, 5.41) is 3.32. The van der Waals surface area contributed by atoms with E-state index < -0.39 is 0 Å². The fourth-order valence-corrected chi connectivity index (χ4v) is 2.86. The number of nitrogens with one attached hydrogen (secondary N) is 1. The van der Waals surface area contributed by atoms with Crippen molar-refractivity contribution in [3.05, 3.63) is 0 Å². The minimum atomic E-state index is 0.162. The SMILES string of the molecule is CNCC1(OCC2CC2)CCCC(C)C1. The smallest absolute Gasteiger partial charge is 0.0808 e. The van der Waals surface area contributed by atoms with Gasteiger partial charge in [0.05, 0.1) is 12.2 Å². The van der Waals surface area contributed by atoms with Gasteiger partial charge in [0.1, 0.15) is 0 Å². The molecule has 0 heterocycles. The van der Waals surface area contributed by atoms with Crippen molar-refractivity contribution in [3.63, 3.8) is 0 Å². The van der Waals surface area contributed by atoms with Crippen LogP contribution in [0.5, 0.6) is 0 Å². The molecule has 88 valence electrons. The molecule has 0 saturated heterocycles. The van der Waals surface area contributed by atoms with Gasteiger partial charge in [0, 0.05) is 6.54 Å². The first-order valence-electron chi connectivity index (χ1n) is 6.53. The maximum atomic E-state index is 6.24. The molecule has 2 unspecified atom stereocenters. The summed E-state index contributed by atoms with van der Waals surface area (Å²) in [6, 6.07) is 0. The highest BCUT2D eigenvalue weighted by molar-refractivity contribution is 4.89. The summed E-state index contributed by atoms with van der Waals surface area (Å²) in [5.41, 5.74) is 0.162. The summed E-state index contributed by atoms with van der Waals surface area (Å²) in [6.45, 7) is 4.41. The van der Waals surface area contributed by atoms with Gasteiger partial charge in [-0.1, -0.05) is 19.8 Å². The first kappa shape index (κ1) is 11.4. The fourth-order valence-electron chi connectivity index (χ4n) is 2.86. The Bertz CT molecular complexity index is 199. The molecule has 2 fully saturated rings. The van der Waals surface area contributed by atoms with Crippen LogP contribution in [-0.4, -0.2) is 25.8 Å². The van der Waals surface area contributed by atoms with E-state index >= 15 is 0 Å². The van der Waals surface area contributed by atoms with Crippen LogP contribution >= 0.6 is 0 Å². The fraction of sp³-hybridized carbons (Fsp3) is 1.00. The Labute approximate surface area is 93.8 Å². The van der Waals surface area contributed by atoms with Crippen molar-refractivity contribution in [2.75, 3.05) is 20.2 Å². The van der Waals surface area contributed by atoms with Crippen LogP contribution in [0.2, 0.25) is 0 Å². The summed E-state index contributed by atoms with van der Waals surface area (Å²) in [6.07, 6.45) is 8.02. The average molecular weight is 211 g/mol. The van der Waals surface area contributed by atoms with Gasteiger partial charge < -0.3 is 10.1 Å². The maximum absolute atomic E-state index is 6.24. The molecule has 0 aromatic heterocycles. The lowest BCUT2D eigenvalue weighted by molar-refractivity contribution is -0.0823. The minimum absolute atomic E-state index is 0.162. The van der Waals surface area contributed by atoms with Crippen molar-refractivity contribution in [1.29, 1.82) is 0 Å². The van der Waals surface area contributed by atoms with Crippen molar-refractivity contribution in [3.8, 4) is 0 Å². The van der Waals surface area contributed by atoms with Gasteiger partial charge in [0.2, 0.25) is 0 Å². The first-order valence-corrected chi connectivity index (χ1v) is 6.53. The minimum Gasteiger partial charge on any atom is -0.373 e. The zero-order valence-corrected chi connectivity index (χ0v) is 10.2. The van der Waals surface area contributed by atoms with Crippen LogP contribution in [0, 0.1) is 11.8 Å². The summed E-state index contributed by atoms with van der Waals surface area (Å²) >= 11 is 0. The molecular weight excluding hydrogens is 186 g/mol. The second kappa shape index (κ2) is 4.84. The lowest BCUT2D eigenvalue weighted by Crippen LogP contribution is -2.46. The van der Waals surface area contributed by atoms with Crippen LogP contribution in [0.4, 0.5) is 0 Å². The van der Waals surface area contributed by atoms with Crippen LogP contribution in [-0.2, 0) is 4.74 Å². The van der Waals surface area contributed by atoms with Gasteiger partial charge in [-0.25, -0.2) is 0 Å². The van der Waals surface area contributed by atoms with E-state index in [2.05, 4.69) is 12.2 Å². The zero-order valence-electron chi connectivity index (χ0n) is 10.2. The summed E-state index contributed by atoms with van der Waals surface area (Å²) in [4.78, 5) is 0. The van der Waals surface area contributed by atoms with Crippen LogP contribution in [0.15, 0.2) is 0 Å². The van der Waals surface area contributed by atoms with E-state index in [-0.39, 0.29) is 5.60 Å². The Morgan fingerprint density at radius 2 is 2.13 bits per heavy atom. The van der Waals surface area contributed by atoms with Gasteiger partial charge in [-0.3, -0.25) is 0 Å². The predicted molar refractivity (Wildman–Crippen MR) is 63.0 cm³/mol. The molecule has 2 aliphatic carbocycles. The van der Waals surface area contributed by atoms with Gasteiger partial charge in [0.15, 0.2) is 0 Å². The van der Waals surface area contributed by atoms with Crippen molar-refractivity contribution in [1.82, 2.24) is 5.32 Å². The highest BCUT2D eigenvalue weighted by Gasteiger charge is 2.36. The third-order valence-corrected chi connectivity index (χ3v) is 3.87. The second-order valence-electron chi connectivity index (χ2n) is 5.67. The third kappa shape index (κ3) is 3.18. The van der Waals surface area contributed by atoms with Crippen molar-refractivity contribution >= 4 is 0 Å². The molecule has 0 spiro atoms. The second-order valence-corrected chi connectivity index (χ2v) is 5.67. The predicted octanol–water partition coefficient (Wildman–Crippen LogP) is 2.58. The molecular formula is C13H25NO. The Kier molecular flexibility index (Phi) is 3.68. The molecule has 0 aromatic rings. The summed E-state index contributed by atoms with van der Waals surface area (Å²) < 4.78 is 6.24. The maximum Gasteiger partial charge on any atom is 0.0808 e. The van der Waals surface area contributed by atoms with E-state index in [4.69, 9.17) is 4.74 Å². The molecule has 0 amide bonds. The Morgan fingerprint density at radius 1 is 1.33 bits per heavy atom. The largest absolute Gasteiger partial charge is 0.373 e. The Hall–Kier alpha value is -0.0800. The molecule has 15 heavy (non-hydrogen) atoms. The Balaban J connectivity index is 1.87. The van der Waals surface area contributed by atoms with Crippen LogP contribution in [0.3, 0.4) is 0 Å². The molecule has 2 nitrogen and oxygen atoms in total. The van der Waals surface area contributed by atoms with Crippen molar-refractivity contribution in [2.45, 2.75) is 51.0 Å². The molecule has 0 radical (unpaired) electrons. The molecule has 0 bridgehead atoms. The van der Waals surface area contributed by atoms with Crippen LogP contribution in [0.1, 0.15) is 45.4 Å². The lowest BCUT2D eigenvalue weighted by Gasteiger charge is -2.40. The van der Waals surface area contributed by atoms with Crippen molar-refractivity contribution < 1.29 is 4.74 Å². The van der Waals surface area contributed by atoms with E-state index in [0.717, 1.165) is 25.0 Å². The number of ether oxygens (including phenoxy) is 1. The molecule has 2 saturated carbocycles. The van der Waals surface area contributed by atoms with Gasteiger partial charge in [-0.2, -0.15) is 0 Å². The number of rotatable bonds is 5. The lowest BCUT2D eigenvalue weighted by atomic mass is 9.78. The molecule has 2 aliphatic rings. The topological polar surface area (TPSA) is 21.3 Å². The number of likely N-dealkylation sites (N-methyl/N-ethyl adjacent to an activating group) is 1. The van der Waals surface area contributed by atoms with E-state index in [9.17, 15) is 0 Å². The molecule has 2 rings (SSSR count). The molecule has 2 atom stereocenters. The van der Waals surface area contributed by atoms with E-state index in [1.165, 1.54) is 38.5 Å². The van der Waals surface area contributed by atoms with E-state index in [0.29, 0.717) is 0 Å². The van der Waals surface area contributed by atoms with Gasteiger partial charge >= 0.3 is 0 Å². The zero-order chi connectivity index (χ0) is 10.7. The highest BCUT2D eigenvalue weighted by atomic mass is 16.5. The van der Waals surface area contributed by atoms with Crippen LogP contribution in [0.25, 0.3) is 0 Å². The van der Waals surface area contributed by atoms with E-state index in [1.54, 1.807) is 0 Å². The Morgan fingerprint density at radius 3 is 2.73 bits per heavy atom. The third-order valence-electron chi connectivity index (χ3n) is 3.87. The summed E-state index contributed by atoms with van der Waals surface area (Å²) in [5.74, 6) is 1.72. The molecule has 2 heteroatoms. The molecule has 1 N–H and O–H groups in total. The van der Waals surface area contributed by atoms with E-state index in [1.807, 2.05) is 7.05 Å². The molecule has 0 aliphatic heterocycles. The van der Waals surface area contributed by atoms with Gasteiger partial charge in [0.25, 0.3) is 0 Å². The van der Waals surface area contributed by atoms with Crippen LogP contribution < -0.4 is 5.32 Å². The van der Waals surface area contributed by atoms with Crippen molar-refractivity contribution in [2.24, 2.45) is 11.8 Å². The normalized spacial score (nSPS) is 36.8. The van der Waals surface area contributed by atoms with Gasteiger partial charge in [-0.05, 0) is 44.6 Å². The molecule has 0 aromatic carbocycles. The first-order chi connectivity index (χ1) is 7.24.